The Labute approximate surface area is 98.7 Å². The molecule has 2 aliphatic rings. The Hall–Kier alpha value is -0.630. The maximum atomic E-state index is 12.4. The molecule has 1 saturated heterocycles. The molecule has 2 fully saturated rings. The number of nitrogens with zero attached hydrogens (tertiary/aromatic N) is 1. The van der Waals surface area contributed by atoms with Crippen LogP contribution in [0.15, 0.2) is 12.2 Å². The topological polar surface area (TPSA) is 20.3 Å². The molecule has 0 N–H and O–H groups in total. The molecule has 1 saturated carbocycles. The molecule has 0 bridgehead atoms. The summed E-state index contributed by atoms with van der Waals surface area (Å²) >= 11 is 0. The van der Waals surface area contributed by atoms with Crippen LogP contribution in [0.4, 0.5) is 0 Å². The molecule has 0 aromatic carbocycles. The number of likely N-dealkylation sites (tertiary alicyclic amines) is 1. The van der Waals surface area contributed by atoms with Crippen molar-refractivity contribution >= 4 is 5.78 Å². The zero-order valence-electron chi connectivity index (χ0n) is 10.4. The van der Waals surface area contributed by atoms with Crippen molar-refractivity contribution in [2.75, 3.05) is 13.1 Å². The molecule has 16 heavy (non-hydrogen) atoms. The number of rotatable bonds is 3. The van der Waals surface area contributed by atoms with E-state index < -0.39 is 0 Å². The molecule has 1 heterocycles. The minimum atomic E-state index is -0.160. The third-order valence-electron chi connectivity index (χ3n) is 4.20. The van der Waals surface area contributed by atoms with Crippen molar-refractivity contribution in [2.24, 2.45) is 0 Å². The van der Waals surface area contributed by atoms with E-state index >= 15 is 0 Å². The molecule has 0 radical (unpaired) electrons. The molecule has 0 amide bonds. The lowest BCUT2D eigenvalue weighted by molar-refractivity contribution is -0.128. The predicted molar refractivity (Wildman–Crippen MR) is 66.4 cm³/mol. The summed E-state index contributed by atoms with van der Waals surface area (Å²) in [4.78, 5) is 14.9. The summed E-state index contributed by atoms with van der Waals surface area (Å²) in [5.41, 5.74) is 0.583. The first kappa shape index (κ1) is 11.8. The quantitative estimate of drug-likeness (QED) is 0.683. The molecule has 0 unspecified atom stereocenters. The van der Waals surface area contributed by atoms with Crippen LogP contribution in [-0.4, -0.2) is 29.3 Å². The van der Waals surface area contributed by atoms with E-state index in [0.717, 1.165) is 31.5 Å². The number of hydrogen-bond donors (Lipinski definition) is 0. The summed E-state index contributed by atoms with van der Waals surface area (Å²) in [6.07, 6.45) is 8.35. The van der Waals surface area contributed by atoms with Gasteiger partial charge in [-0.25, -0.2) is 0 Å². The van der Waals surface area contributed by atoms with E-state index in [9.17, 15) is 4.79 Å². The van der Waals surface area contributed by atoms with E-state index in [1.165, 1.54) is 32.1 Å². The van der Waals surface area contributed by atoms with Gasteiger partial charge in [-0.15, -0.1) is 0 Å². The van der Waals surface area contributed by atoms with Crippen molar-refractivity contribution < 1.29 is 4.79 Å². The van der Waals surface area contributed by atoms with E-state index in [0.29, 0.717) is 5.78 Å². The molecule has 90 valence electrons. The van der Waals surface area contributed by atoms with Crippen molar-refractivity contribution in [1.29, 1.82) is 0 Å². The summed E-state index contributed by atoms with van der Waals surface area (Å²) in [6, 6.07) is 0. The minimum Gasteiger partial charge on any atom is -0.292 e. The third-order valence-corrected chi connectivity index (χ3v) is 4.20. The number of hydrogen-bond acceptors (Lipinski definition) is 2. The molecule has 1 aliphatic carbocycles. The van der Waals surface area contributed by atoms with Gasteiger partial charge in [0, 0.05) is 0 Å². The second-order valence-corrected chi connectivity index (χ2v) is 5.40. The van der Waals surface area contributed by atoms with Crippen LogP contribution in [-0.2, 0) is 4.79 Å². The lowest BCUT2D eigenvalue weighted by Crippen LogP contribution is -2.54. The van der Waals surface area contributed by atoms with Crippen molar-refractivity contribution in [2.45, 2.75) is 57.4 Å². The fraction of sp³-hybridized carbons (Fsp3) is 0.786. The molecule has 2 heteroatoms. The van der Waals surface area contributed by atoms with Crippen molar-refractivity contribution in [1.82, 2.24) is 4.90 Å². The molecule has 2 nitrogen and oxygen atoms in total. The number of Topliss-reactive ketones (excluding diaryl/α,β-unsaturated/α-hetero) is 1. The highest BCUT2D eigenvalue weighted by molar-refractivity contribution is 6.01. The zero-order valence-corrected chi connectivity index (χ0v) is 10.4. The fourth-order valence-electron chi connectivity index (χ4n) is 3.37. The first-order chi connectivity index (χ1) is 7.67. The van der Waals surface area contributed by atoms with Crippen LogP contribution < -0.4 is 0 Å². The van der Waals surface area contributed by atoms with Crippen LogP contribution in [0.1, 0.15) is 51.9 Å². The highest BCUT2D eigenvalue weighted by atomic mass is 16.1. The zero-order chi connectivity index (χ0) is 11.6. The smallest absolute Gasteiger partial charge is 0.178 e. The third kappa shape index (κ3) is 1.95. The second kappa shape index (κ2) is 4.70. The van der Waals surface area contributed by atoms with E-state index in [1.807, 2.05) is 6.92 Å². The lowest BCUT2D eigenvalue weighted by atomic mass is 9.85. The molecular weight excluding hydrogens is 198 g/mol. The Bertz CT molecular complexity index is 283. The molecular formula is C14H23NO. The number of carbonyl (C=O) groups is 1. The van der Waals surface area contributed by atoms with Gasteiger partial charge in [-0.2, -0.15) is 0 Å². The second-order valence-electron chi connectivity index (χ2n) is 5.40. The maximum absolute atomic E-state index is 12.4. The molecule has 0 aromatic heterocycles. The molecule has 0 spiro atoms. The van der Waals surface area contributed by atoms with Crippen LogP contribution in [0, 0.1) is 0 Å². The predicted octanol–water partition coefficient (Wildman–Crippen LogP) is 2.93. The summed E-state index contributed by atoms with van der Waals surface area (Å²) < 4.78 is 0. The molecule has 1 aliphatic heterocycles. The van der Waals surface area contributed by atoms with Gasteiger partial charge in [0.2, 0.25) is 0 Å². The van der Waals surface area contributed by atoms with Crippen molar-refractivity contribution in [3.8, 4) is 0 Å². The van der Waals surface area contributed by atoms with Gasteiger partial charge in [-0.3, -0.25) is 9.69 Å². The van der Waals surface area contributed by atoms with Gasteiger partial charge in [0.1, 0.15) is 0 Å². The van der Waals surface area contributed by atoms with Gasteiger partial charge < -0.3 is 0 Å². The van der Waals surface area contributed by atoms with E-state index in [1.54, 1.807) is 0 Å². The van der Waals surface area contributed by atoms with Crippen LogP contribution in [0.3, 0.4) is 0 Å². The SMILES string of the molecule is C=C(C)C(=O)C1(N2CCCCC2)CCCC1. The Balaban J connectivity index is 2.20. The number of ketones is 1. The van der Waals surface area contributed by atoms with Crippen LogP contribution in [0.5, 0.6) is 0 Å². The highest BCUT2D eigenvalue weighted by Gasteiger charge is 2.45. The Morgan fingerprint density at radius 3 is 2.12 bits per heavy atom. The first-order valence-corrected chi connectivity index (χ1v) is 6.62. The van der Waals surface area contributed by atoms with E-state index in [2.05, 4.69) is 11.5 Å². The summed E-state index contributed by atoms with van der Waals surface area (Å²) in [7, 11) is 0. The van der Waals surface area contributed by atoms with Gasteiger partial charge in [-0.1, -0.05) is 25.8 Å². The summed E-state index contributed by atoms with van der Waals surface area (Å²) in [5, 5.41) is 0. The molecule has 0 aromatic rings. The monoisotopic (exact) mass is 221 g/mol. The largest absolute Gasteiger partial charge is 0.292 e. The van der Waals surface area contributed by atoms with Crippen LogP contribution >= 0.6 is 0 Å². The number of carbonyl (C=O) groups excluding carboxylic acids is 1. The Morgan fingerprint density at radius 2 is 1.62 bits per heavy atom. The minimum absolute atomic E-state index is 0.160. The standard InChI is InChI=1S/C14H23NO/c1-12(2)13(16)14(8-4-5-9-14)15-10-6-3-7-11-15/h1,3-11H2,2H3. The van der Waals surface area contributed by atoms with Crippen molar-refractivity contribution in [3.05, 3.63) is 12.2 Å². The Kier molecular flexibility index (Phi) is 3.48. The van der Waals surface area contributed by atoms with Gasteiger partial charge in [0.25, 0.3) is 0 Å². The maximum Gasteiger partial charge on any atom is 0.178 e. The van der Waals surface area contributed by atoms with Gasteiger partial charge >= 0.3 is 0 Å². The van der Waals surface area contributed by atoms with Gasteiger partial charge in [0.05, 0.1) is 5.54 Å². The molecule has 0 atom stereocenters. The van der Waals surface area contributed by atoms with Gasteiger partial charge in [-0.05, 0) is 51.3 Å². The number of piperidine rings is 1. The average Bonchev–Trinajstić information content (AvgIpc) is 2.79. The normalized spacial score (nSPS) is 25.6. The van der Waals surface area contributed by atoms with Gasteiger partial charge in [0.15, 0.2) is 5.78 Å². The molecule has 2 rings (SSSR count). The van der Waals surface area contributed by atoms with Crippen LogP contribution in [0.2, 0.25) is 0 Å². The fourth-order valence-corrected chi connectivity index (χ4v) is 3.37. The van der Waals surface area contributed by atoms with Crippen LogP contribution in [0.25, 0.3) is 0 Å². The highest BCUT2D eigenvalue weighted by Crippen LogP contribution is 2.39. The van der Waals surface area contributed by atoms with E-state index in [4.69, 9.17) is 0 Å². The Morgan fingerprint density at radius 1 is 1.06 bits per heavy atom. The first-order valence-electron chi connectivity index (χ1n) is 6.62. The summed E-state index contributed by atoms with van der Waals surface area (Å²) in [5.74, 6) is 0.312. The van der Waals surface area contributed by atoms with E-state index in [-0.39, 0.29) is 5.54 Å². The lowest BCUT2D eigenvalue weighted by Gasteiger charge is -2.42. The van der Waals surface area contributed by atoms with Crippen molar-refractivity contribution in [3.63, 3.8) is 0 Å². The average molecular weight is 221 g/mol. The summed E-state index contributed by atoms with van der Waals surface area (Å²) in [6.45, 7) is 7.95.